The summed E-state index contributed by atoms with van der Waals surface area (Å²) in [7, 11) is 0. The van der Waals surface area contributed by atoms with Crippen molar-refractivity contribution in [1.29, 1.82) is 0 Å². The number of nitrogens with one attached hydrogen (secondary N) is 2. The minimum Gasteiger partial charge on any atom is -0.337 e. The molecule has 0 aliphatic carbocycles. The van der Waals surface area contributed by atoms with Crippen LogP contribution >= 0.6 is 0 Å². The molecule has 6 heteroatoms. The van der Waals surface area contributed by atoms with Gasteiger partial charge >= 0.3 is 0 Å². The summed E-state index contributed by atoms with van der Waals surface area (Å²) >= 11 is 0. The van der Waals surface area contributed by atoms with Crippen LogP contribution in [0.4, 0.5) is 5.95 Å². The normalized spacial score (nSPS) is 20.1. The summed E-state index contributed by atoms with van der Waals surface area (Å²) in [6, 6.07) is 4.33. The van der Waals surface area contributed by atoms with Gasteiger partial charge in [-0.05, 0) is 19.1 Å². The topological polar surface area (TPSA) is 69.7 Å². The highest BCUT2D eigenvalue weighted by Crippen LogP contribution is 2.17. The van der Waals surface area contributed by atoms with Crippen molar-refractivity contribution in [2.24, 2.45) is 0 Å². The third-order valence-electron chi connectivity index (χ3n) is 3.06. The third-order valence-corrected chi connectivity index (χ3v) is 3.06. The monoisotopic (exact) mass is 244 g/mol. The lowest BCUT2D eigenvalue weighted by Gasteiger charge is -2.30. The summed E-state index contributed by atoms with van der Waals surface area (Å²) in [4.78, 5) is 10.8. The van der Waals surface area contributed by atoms with Crippen LogP contribution in [0, 0.1) is 0 Å². The molecular weight excluding hydrogens is 228 g/mol. The Morgan fingerprint density at radius 2 is 2.39 bits per heavy atom. The molecule has 18 heavy (non-hydrogen) atoms. The van der Waals surface area contributed by atoms with Gasteiger partial charge < -0.3 is 10.2 Å². The van der Waals surface area contributed by atoms with Crippen LogP contribution in [0.2, 0.25) is 0 Å². The molecular formula is C12H16N6. The van der Waals surface area contributed by atoms with E-state index < -0.39 is 0 Å². The molecule has 94 valence electrons. The number of aromatic amines is 1. The van der Waals surface area contributed by atoms with Gasteiger partial charge in [-0.15, -0.1) is 5.10 Å². The van der Waals surface area contributed by atoms with E-state index in [0.717, 1.165) is 37.0 Å². The van der Waals surface area contributed by atoms with Gasteiger partial charge in [0.05, 0.1) is 0 Å². The smallest absolute Gasteiger partial charge is 0.245 e. The molecule has 1 aliphatic rings. The maximum atomic E-state index is 4.53. The summed E-state index contributed by atoms with van der Waals surface area (Å²) < 4.78 is 0. The van der Waals surface area contributed by atoms with Crippen LogP contribution in [0.3, 0.4) is 0 Å². The number of piperazine rings is 1. The van der Waals surface area contributed by atoms with Gasteiger partial charge in [-0.2, -0.15) is 4.98 Å². The molecule has 0 aromatic carbocycles. The first-order valence-electron chi connectivity index (χ1n) is 6.14. The highest BCUT2D eigenvalue weighted by molar-refractivity contribution is 5.54. The first kappa shape index (κ1) is 11.2. The molecule has 1 aliphatic heterocycles. The number of H-pyrrole nitrogens is 1. The van der Waals surface area contributed by atoms with E-state index in [1.807, 2.05) is 12.1 Å². The highest BCUT2D eigenvalue weighted by Gasteiger charge is 2.19. The van der Waals surface area contributed by atoms with Crippen LogP contribution in [0.1, 0.15) is 6.92 Å². The van der Waals surface area contributed by atoms with Gasteiger partial charge in [0.15, 0.2) is 5.82 Å². The quantitative estimate of drug-likeness (QED) is 0.812. The largest absolute Gasteiger partial charge is 0.337 e. The van der Waals surface area contributed by atoms with Crippen LogP contribution in [-0.4, -0.2) is 45.8 Å². The zero-order valence-electron chi connectivity index (χ0n) is 10.3. The van der Waals surface area contributed by atoms with Crippen molar-refractivity contribution in [2.75, 3.05) is 24.5 Å². The van der Waals surface area contributed by atoms with E-state index in [1.165, 1.54) is 0 Å². The van der Waals surface area contributed by atoms with Gasteiger partial charge in [0, 0.05) is 43.6 Å². The van der Waals surface area contributed by atoms with Crippen molar-refractivity contribution in [3.05, 3.63) is 24.5 Å². The average molecular weight is 244 g/mol. The second kappa shape index (κ2) is 4.73. The minimum absolute atomic E-state index is 0.471. The van der Waals surface area contributed by atoms with Gasteiger partial charge in [0.1, 0.15) is 0 Å². The van der Waals surface area contributed by atoms with Gasteiger partial charge in [0.25, 0.3) is 0 Å². The Morgan fingerprint density at radius 1 is 1.44 bits per heavy atom. The van der Waals surface area contributed by atoms with Crippen molar-refractivity contribution in [3.8, 4) is 11.4 Å². The van der Waals surface area contributed by atoms with E-state index in [4.69, 9.17) is 0 Å². The molecule has 0 spiro atoms. The van der Waals surface area contributed by atoms with Crippen molar-refractivity contribution in [3.63, 3.8) is 0 Å². The molecule has 0 saturated carbocycles. The molecule has 3 rings (SSSR count). The average Bonchev–Trinajstić information content (AvgIpc) is 2.89. The number of anilines is 1. The number of aromatic nitrogens is 4. The first-order valence-corrected chi connectivity index (χ1v) is 6.14. The predicted octanol–water partition coefficient (Wildman–Crippen LogP) is 0.665. The number of hydrogen-bond donors (Lipinski definition) is 2. The lowest BCUT2D eigenvalue weighted by Crippen LogP contribution is -2.49. The lowest BCUT2D eigenvalue weighted by molar-refractivity contribution is 0.480. The SMILES string of the molecule is CC1CN(c2n[nH]c(-c3cccnc3)n2)CCN1. The Balaban J connectivity index is 1.81. The first-order chi connectivity index (χ1) is 8.83. The summed E-state index contributed by atoms with van der Waals surface area (Å²) in [5.74, 6) is 1.53. The van der Waals surface area contributed by atoms with Crippen LogP contribution < -0.4 is 10.2 Å². The highest BCUT2D eigenvalue weighted by atomic mass is 15.4. The van der Waals surface area contributed by atoms with E-state index in [9.17, 15) is 0 Å². The standard InChI is InChI=1S/C12H16N6/c1-9-8-18(6-5-14-9)12-15-11(16-17-12)10-3-2-4-13-7-10/h2-4,7,9,14H,5-6,8H2,1H3,(H,15,16,17). The van der Waals surface area contributed by atoms with Gasteiger partial charge in [0.2, 0.25) is 5.95 Å². The lowest BCUT2D eigenvalue weighted by atomic mass is 10.2. The Hall–Kier alpha value is -1.95. The number of hydrogen-bond acceptors (Lipinski definition) is 5. The Kier molecular flexibility index (Phi) is 2.93. The maximum absolute atomic E-state index is 4.53. The molecule has 0 amide bonds. The van der Waals surface area contributed by atoms with Crippen LogP contribution in [-0.2, 0) is 0 Å². The molecule has 2 aromatic rings. The number of nitrogens with zero attached hydrogens (tertiary/aromatic N) is 4. The maximum Gasteiger partial charge on any atom is 0.245 e. The van der Waals surface area contributed by atoms with Crippen molar-refractivity contribution >= 4 is 5.95 Å². The molecule has 2 N–H and O–H groups in total. The Labute approximate surface area is 105 Å². The third kappa shape index (κ3) is 2.19. The molecule has 6 nitrogen and oxygen atoms in total. The molecule has 1 atom stereocenters. The number of pyridine rings is 1. The molecule has 1 saturated heterocycles. The van der Waals surface area contributed by atoms with E-state index >= 15 is 0 Å². The summed E-state index contributed by atoms with van der Waals surface area (Å²) in [5, 5.41) is 10.7. The van der Waals surface area contributed by atoms with E-state index in [2.05, 4.69) is 37.3 Å². The zero-order chi connectivity index (χ0) is 12.4. The second-order valence-corrected chi connectivity index (χ2v) is 4.53. The van der Waals surface area contributed by atoms with Gasteiger partial charge in [-0.25, -0.2) is 0 Å². The molecule has 1 fully saturated rings. The predicted molar refractivity (Wildman–Crippen MR) is 69.3 cm³/mol. The van der Waals surface area contributed by atoms with Gasteiger partial charge in [-0.1, -0.05) is 0 Å². The van der Waals surface area contributed by atoms with Crippen molar-refractivity contribution in [1.82, 2.24) is 25.5 Å². The molecule has 3 heterocycles. The van der Waals surface area contributed by atoms with E-state index in [1.54, 1.807) is 12.4 Å². The fourth-order valence-electron chi connectivity index (χ4n) is 2.14. The fourth-order valence-corrected chi connectivity index (χ4v) is 2.14. The number of rotatable bonds is 2. The Morgan fingerprint density at radius 3 is 3.17 bits per heavy atom. The van der Waals surface area contributed by atoms with E-state index in [0.29, 0.717) is 6.04 Å². The summed E-state index contributed by atoms with van der Waals surface area (Å²) in [5.41, 5.74) is 0.958. The molecule has 2 aromatic heterocycles. The van der Waals surface area contributed by atoms with Crippen LogP contribution in [0.5, 0.6) is 0 Å². The van der Waals surface area contributed by atoms with Crippen LogP contribution in [0.25, 0.3) is 11.4 Å². The van der Waals surface area contributed by atoms with Crippen molar-refractivity contribution < 1.29 is 0 Å². The molecule has 0 bridgehead atoms. The summed E-state index contributed by atoms with van der Waals surface area (Å²) in [6.45, 7) is 5.01. The molecule has 1 unspecified atom stereocenters. The minimum atomic E-state index is 0.471. The van der Waals surface area contributed by atoms with Gasteiger partial charge in [-0.3, -0.25) is 10.1 Å². The fraction of sp³-hybridized carbons (Fsp3) is 0.417. The van der Waals surface area contributed by atoms with E-state index in [-0.39, 0.29) is 0 Å². The Bertz CT molecular complexity index is 508. The summed E-state index contributed by atoms with van der Waals surface area (Å²) in [6.07, 6.45) is 3.53. The van der Waals surface area contributed by atoms with Crippen LogP contribution in [0.15, 0.2) is 24.5 Å². The second-order valence-electron chi connectivity index (χ2n) is 4.53. The zero-order valence-corrected chi connectivity index (χ0v) is 10.3. The van der Waals surface area contributed by atoms with Crippen molar-refractivity contribution in [2.45, 2.75) is 13.0 Å². The molecule has 0 radical (unpaired) electrons.